The molecular formula is C20H17N3O2. The van der Waals surface area contributed by atoms with Gasteiger partial charge in [0.05, 0.1) is 29.2 Å². The Morgan fingerprint density at radius 3 is 2.20 bits per heavy atom. The summed E-state index contributed by atoms with van der Waals surface area (Å²) in [4.78, 5) is 15.7. The molecule has 0 saturated carbocycles. The van der Waals surface area contributed by atoms with Crippen LogP contribution in [0.5, 0.6) is 0 Å². The van der Waals surface area contributed by atoms with Crippen molar-refractivity contribution in [1.29, 1.82) is 0 Å². The summed E-state index contributed by atoms with van der Waals surface area (Å²) in [6.45, 7) is 5.72. The Labute approximate surface area is 145 Å². The van der Waals surface area contributed by atoms with Crippen LogP contribution in [0.4, 0.5) is 17.1 Å². The summed E-state index contributed by atoms with van der Waals surface area (Å²) in [7, 11) is 0. The van der Waals surface area contributed by atoms with E-state index >= 15 is 0 Å². The minimum atomic E-state index is -0.343. The van der Waals surface area contributed by atoms with Gasteiger partial charge in [-0.1, -0.05) is 24.3 Å². The second-order valence-corrected chi connectivity index (χ2v) is 5.27. The molecule has 0 aliphatic heterocycles. The summed E-state index contributed by atoms with van der Waals surface area (Å²) < 4.78 is 4.96. The summed E-state index contributed by atoms with van der Waals surface area (Å²) in [6, 6.07) is 18.4. The van der Waals surface area contributed by atoms with E-state index in [0.29, 0.717) is 17.9 Å². The second-order valence-electron chi connectivity index (χ2n) is 5.27. The molecule has 0 radical (unpaired) electrons. The monoisotopic (exact) mass is 331 g/mol. The van der Waals surface area contributed by atoms with Gasteiger partial charge in [-0.25, -0.2) is 4.79 Å². The molecule has 25 heavy (non-hydrogen) atoms. The van der Waals surface area contributed by atoms with Crippen LogP contribution in [0.25, 0.3) is 10.8 Å². The molecule has 0 heterocycles. The predicted octanol–water partition coefficient (Wildman–Crippen LogP) is 5.76. The van der Waals surface area contributed by atoms with Gasteiger partial charge in [0, 0.05) is 10.8 Å². The zero-order valence-electron chi connectivity index (χ0n) is 13.8. The van der Waals surface area contributed by atoms with Crippen molar-refractivity contribution in [3.63, 3.8) is 0 Å². The number of fused-ring (bicyclic) bond motifs is 1. The maximum atomic E-state index is 11.7. The number of rotatable bonds is 5. The molecule has 0 N–H and O–H groups in total. The van der Waals surface area contributed by atoms with Gasteiger partial charge in [-0.05, 0) is 50.0 Å². The Kier molecular flexibility index (Phi) is 4.95. The SMILES string of the molecule is C=Nc1ccc(/N=N/c2ccc(C(=O)OCC)cc2)c2ccccc12. The Hall–Kier alpha value is -3.34. The first-order chi connectivity index (χ1) is 12.2. The molecule has 0 aromatic heterocycles. The lowest BCUT2D eigenvalue weighted by atomic mass is 10.1. The van der Waals surface area contributed by atoms with Crippen LogP contribution in [0.1, 0.15) is 17.3 Å². The summed E-state index contributed by atoms with van der Waals surface area (Å²) in [5.74, 6) is -0.343. The van der Waals surface area contributed by atoms with Crippen LogP contribution in [0.3, 0.4) is 0 Å². The van der Waals surface area contributed by atoms with Crippen LogP contribution >= 0.6 is 0 Å². The molecule has 0 fully saturated rings. The molecule has 0 amide bonds. The fraction of sp³-hybridized carbons (Fsp3) is 0.100. The minimum absolute atomic E-state index is 0.343. The number of ether oxygens (including phenoxy) is 1. The van der Waals surface area contributed by atoms with Crippen LogP contribution in [0, 0.1) is 0 Å². The van der Waals surface area contributed by atoms with Crippen molar-refractivity contribution in [2.45, 2.75) is 6.92 Å². The molecule has 124 valence electrons. The summed E-state index contributed by atoms with van der Waals surface area (Å²) in [5.41, 5.74) is 2.71. The van der Waals surface area contributed by atoms with Gasteiger partial charge in [0.25, 0.3) is 0 Å². The standard InChI is InChI=1S/C20H17N3O2/c1-3-25-20(24)14-8-10-15(11-9-14)22-23-19-13-12-18(21-2)16-6-4-5-7-17(16)19/h4-13H,2-3H2,1H3/b23-22+. The number of hydrogen-bond donors (Lipinski definition) is 0. The Bertz CT molecular complexity index is 947. The van der Waals surface area contributed by atoms with E-state index < -0.39 is 0 Å². The highest BCUT2D eigenvalue weighted by molar-refractivity contribution is 6.00. The molecule has 5 heteroatoms. The van der Waals surface area contributed by atoms with Crippen molar-refractivity contribution in [3.8, 4) is 0 Å². The number of esters is 1. The van der Waals surface area contributed by atoms with Crippen molar-refractivity contribution >= 4 is 40.5 Å². The van der Waals surface area contributed by atoms with Crippen LogP contribution in [0.2, 0.25) is 0 Å². The number of carbonyl (C=O) groups is 1. The van der Waals surface area contributed by atoms with Crippen molar-refractivity contribution in [1.82, 2.24) is 0 Å². The topological polar surface area (TPSA) is 63.4 Å². The maximum Gasteiger partial charge on any atom is 0.338 e. The fourth-order valence-electron chi connectivity index (χ4n) is 2.48. The highest BCUT2D eigenvalue weighted by atomic mass is 16.5. The molecule has 0 aliphatic carbocycles. The van der Waals surface area contributed by atoms with Crippen molar-refractivity contribution < 1.29 is 9.53 Å². The number of azo groups is 1. The molecular weight excluding hydrogens is 314 g/mol. The molecule has 0 saturated heterocycles. The van der Waals surface area contributed by atoms with E-state index in [-0.39, 0.29) is 5.97 Å². The average molecular weight is 331 g/mol. The molecule has 5 nitrogen and oxygen atoms in total. The van der Waals surface area contributed by atoms with Crippen LogP contribution in [-0.4, -0.2) is 19.3 Å². The van der Waals surface area contributed by atoms with E-state index in [1.165, 1.54) is 0 Å². The molecule has 0 bridgehead atoms. The highest BCUT2D eigenvalue weighted by Crippen LogP contribution is 2.33. The molecule has 3 aromatic carbocycles. The first-order valence-electron chi connectivity index (χ1n) is 7.90. The van der Waals surface area contributed by atoms with Gasteiger partial charge in [0.15, 0.2) is 0 Å². The first kappa shape index (κ1) is 16.5. The minimum Gasteiger partial charge on any atom is -0.462 e. The van der Waals surface area contributed by atoms with E-state index in [9.17, 15) is 4.79 Å². The molecule has 0 unspecified atom stereocenters. The molecule has 0 spiro atoms. The maximum absolute atomic E-state index is 11.7. The average Bonchev–Trinajstić information content (AvgIpc) is 2.66. The third kappa shape index (κ3) is 3.61. The summed E-state index contributed by atoms with van der Waals surface area (Å²) >= 11 is 0. The van der Waals surface area contributed by atoms with Gasteiger partial charge in [0.1, 0.15) is 0 Å². The highest BCUT2D eigenvalue weighted by Gasteiger charge is 2.06. The smallest absolute Gasteiger partial charge is 0.338 e. The lowest BCUT2D eigenvalue weighted by Crippen LogP contribution is -2.03. The quantitative estimate of drug-likeness (QED) is 0.339. The zero-order chi connectivity index (χ0) is 17.6. The van der Waals surface area contributed by atoms with Gasteiger partial charge in [0.2, 0.25) is 0 Å². The number of aliphatic imine (C=N–C) groups is 1. The molecule has 3 rings (SSSR count). The van der Waals surface area contributed by atoms with E-state index in [4.69, 9.17) is 4.74 Å². The van der Waals surface area contributed by atoms with Gasteiger partial charge < -0.3 is 4.74 Å². The van der Waals surface area contributed by atoms with Gasteiger partial charge in [-0.15, -0.1) is 5.11 Å². The number of nitrogens with zero attached hydrogens (tertiary/aromatic N) is 3. The van der Waals surface area contributed by atoms with Crippen molar-refractivity contribution in [3.05, 3.63) is 66.2 Å². The normalized spacial score (nSPS) is 10.9. The van der Waals surface area contributed by atoms with Crippen molar-refractivity contribution in [2.75, 3.05) is 6.61 Å². The van der Waals surface area contributed by atoms with Crippen molar-refractivity contribution in [2.24, 2.45) is 15.2 Å². The lowest BCUT2D eigenvalue weighted by molar-refractivity contribution is 0.0526. The Balaban J connectivity index is 1.89. The number of hydrogen-bond acceptors (Lipinski definition) is 5. The molecule has 0 aliphatic rings. The summed E-state index contributed by atoms with van der Waals surface area (Å²) in [6.07, 6.45) is 0. The van der Waals surface area contributed by atoms with E-state index in [0.717, 1.165) is 22.1 Å². The zero-order valence-corrected chi connectivity index (χ0v) is 13.8. The molecule has 3 aromatic rings. The lowest BCUT2D eigenvalue weighted by Gasteiger charge is -2.04. The van der Waals surface area contributed by atoms with E-state index in [1.54, 1.807) is 31.2 Å². The van der Waals surface area contributed by atoms with Crippen LogP contribution < -0.4 is 0 Å². The van der Waals surface area contributed by atoms with E-state index in [2.05, 4.69) is 21.9 Å². The van der Waals surface area contributed by atoms with Gasteiger partial charge in [-0.2, -0.15) is 5.11 Å². The Morgan fingerprint density at radius 1 is 0.920 bits per heavy atom. The Morgan fingerprint density at radius 2 is 1.56 bits per heavy atom. The predicted molar refractivity (Wildman–Crippen MR) is 99.7 cm³/mol. The third-order valence-electron chi connectivity index (χ3n) is 3.70. The number of carbonyl (C=O) groups excluding carboxylic acids is 1. The van der Waals surface area contributed by atoms with Gasteiger partial charge >= 0.3 is 5.97 Å². The largest absolute Gasteiger partial charge is 0.462 e. The van der Waals surface area contributed by atoms with Gasteiger partial charge in [-0.3, -0.25) is 4.99 Å². The van der Waals surface area contributed by atoms with Crippen LogP contribution in [-0.2, 0) is 4.74 Å². The fourth-order valence-corrected chi connectivity index (χ4v) is 2.48. The third-order valence-corrected chi connectivity index (χ3v) is 3.70. The second kappa shape index (κ2) is 7.49. The molecule has 0 atom stereocenters. The number of benzene rings is 3. The summed E-state index contributed by atoms with van der Waals surface area (Å²) in [5, 5.41) is 10.5. The first-order valence-corrected chi connectivity index (χ1v) is 7.90. The van der Waals surface area contributed by atoms with E-state index in [1.807, 2.05) is 36.4 Å². The van der Waals surface area contributed by atoms with Crippen LogP contribution in [0.15, 0.2) is 75.9 Å².